The molecule has 0 bridgehead atoms. The molecule has 0 radical (unpaired) electrons. The quantitative estimate of drug-likeness (QED) is 0.787. The van der Waals surface area contributed by atoms with Crippen LogP contribution in [-0.4, -0.2) is 39.3 Å². The summed E-state index contributed by atoms with van der Waals surface area (Å²) in [4.78, 5) is 12.1. The van der Waals surface area contributed by atoms with Crippen molar-refractivity contribution < 1.29 is 19.0 Å². The molecule has 0 aromatic heterocycles. The van der Waals surface area contributed by atoms with Crippen LogP contribution in [0.15, 0.2) is 12.1 Å². The molecule has 21 heavy (non-hydrogen) atoms. The molecule has 118 valence electrons. The molecule has 0 aliphatic carbocycles. The Morgan fingerprint density at radius 2 is 1.67 bits per heavy atom. The minimum Gasteiger partial charge on any atom is -0.493 e. The van der Waals surface area contributed by atoms with E-state index in [1.165, 1.54) is 7.11 Å². The maximum Gasteiger partial charge on any atom is 0.224 e. The van der Waals surface area contributed by atoms with Crippen molar-refractivity contribution in [2.45, 2.75) is 25.8 Å². The predicted octanol–water partition coefficient (Wildman–Crippen LogP) is 1.11. The molecule has 0 fully saturated rings. The smallest absolute Gasteiger partial charge is 0.224 e. The summed E-state index contributed by atoms with van der Waals surface area (Å²) in [6.07, 6.45) is 0.208. The first kappa shape index (κ1) is 17.1. The molecule has 0 heterocycles. The second-order valence-corrected chi connectivity index (χ2v) is 5.35. The molecular weight excluding hydrogens is 272 g/mol. The lowest BCUT2D eigenvalue weighted by Crippen LogP contribution is -2.49. The Bertz CT molecular complexity index is 475. The average Bonchev–Trinajstić information content (AvgIpc) is 2.45. The number of carbonyl (C=O) groups excluding carboxylic acids is 1. The van der Waals surface area contributed by atoms with Gasteiger partial charge >= 0.3 is 0 Å². The van der Waals surface area contributed by atoms with Gasteiger partial charge in [0.2, 0.25) is 11.7 Å². The second-order valence-electron chi connectivity index (χ2n) is 5.35. The highest BCUT2D eigenvalue weighted by Gasteiger charge is 2.20. The molecule has 1 amide bonds. The Hall–Kier alpha value is -1.95. The molecule has 0 saturated carbocycles. The van der Waals surface area contributed by atoms with Gasteiger partial charge in [0.1, 0.15) is 0 Å². The number of methoxy groups -OCH3 is 3. The number of hydrogen-bond donors (Lipinski definition) is 2. The molecule has 6 nitrogen and oxygen atoms in total. The SMILES string of the molecule is COc1cc(CC(=O)NC(C)(C)CN)cc(OC)c1OC. The molecule has 1 rings (SSSR count). The van der Waals surface area contributed by atoms with E-state index in [0.29, 0.717) is 23.8 Å². The van der Waals surface area contributed by atoms with E-state index in [2.05, 4.69) is 5.32 Å². The average molecular weight is 296 g/mol. The lowest BCUT2D eigenvalue weighted by Gasteiger charge is -2.24. The first-order chi connectivity index (χ1) is 9.86. The Balaban J connectivity index is 2.96. The monoisotopic (exact) mass is 296 g/mol. The van der Waals surface area contributed by atoms with Crippen molar-refractivity contribution in [2.75, 3.05) is 27.9 Å². The van der Waals surface area contributed by atoms with Crippen molar-refractivity contribution in [1.82, 2.24) is 5.32 Å². The summed E-state index contributed by atoms with van der Waals surface area (Å²) < 4.78 is 15.8. The molecule has 3 N–H and O–H groups in total. The zero-order valence-corrected chi connectivity index (χ0v) is 13.3. The van der Waals surface area contributed by atoms with Gasteiger partial charge in [0, 0.05) is 12.1 Å². The van der Waals surface area contributed by atoms with E-state index in [1.807, 2.05) is 13.8 Å². The summed E-state index contributed by atoms with van der Waals surface area (Å²) in [5.74, 6) is 1.45. The minimum absolute atomic E-state index is 0.111. The van der Waals surface area contributed by atoms with Gasteiger partial charge in [-0.3, -0.25) is 4.79 Å². The van der Waals surface area contributed by atoms with Gasteiger partial charge in [-0.15, -0.1) is 0 Å². The largest absolute Gasteiger partial charge is 0.493 e. The van der Waals surface area contributed by atoms with Crippen LogP contribution in [0.5, 0.6) is 17.2 Å². The first-order valence-corrected chi connectivity index (χ1v) is 6.66. The summed E-state index contributed by atoms with van der Waals surface area (Å²) >= 11 is 0. The molecule has 6 heteroatoms. The Morgan fingerprint density at radius 3 is 2.05 bits per heavy atom. The number of nitrogens with two attached hydrogens (primary N) is 1. The van der Waals surface area contributed by atoms with E-state index >= 15 is 0 Å². The van der Waals surface area contributed by atoms with Gasteiger partial charge in [-0.05, 0) is 31.5 Å². The summed E-state index contributed by atoms with van der Waals surface area (Å²) in [5, 5.41) is 2.88. The first-order valence-electron chi connectivity index (χ1n) is 6.66. The molecule has 0 unspecified atom stereocenters. The van der Waals surface area contributed by atoms with Crippen LogP contribution >= 0.6 is 0 Å². The van der Waals surface area contributed by atoms with Gasteiger partial charge in [0.15, 0.2) is 11.5 Å². The molecule has 0 atom stereocenters. The van der Waals surface area contributed by atoms with Gasteiger partial charge in [-0.2, -0.15) is 0 Å². The fourth-order valence-corrected chi connectivity index (χ4v) is 1.90. The zero-order chi connectivity index (χ0) is 16.0. The van der Waals surface area contributed by atoms with Crippen LogP contribution in [0.4, 0.5) is 0 Å². The number of amides is 1. The van der Waals surface area contributed by atoms with E-state index in [-0.39, 0.29) is 12.3 Å². The topological polar surface area (TPSA) is 82.8 Å². The van der Waals surface area contributed by atoms with E-state index in [0.717, 1.165) is 5.56 Å². The lowest BCUT2D eigenvalue weighted by atomic mass is 10.0. The molecular formula is C15H24N2O4. The lowest BCUT2D eigenvalue weighted by molar-refractivity contribution is -0.121. The third-order valence-electron chi connectivity index (χ3n) is 3.08. The third kappa shape index (κ3) is 4.53. The highest BCUT2D eigenvalue weighted by Crippen LogP contribution is 2.38. The summed E-state index contributed by atoms with van der Waals surface area (Å²) in [6.45, 7) is 4.12. The van der Waals surface area contributed by atoms with Crippen LogP contribution in [0.25, 0.3) is 0 Å². The zero-order valence-electron chi connectivity index (χ0n) is 13.3. The second kappa shape index (κ2) is 7.17. The van der Waals surface area contributed by atoms with Crippen molar-refractivity contribution in [3.8, 4) is 17.2 Å². The Morgan fingerprint density at radius 1 is 1.14 bits per heavy atom. The van der Waals surface area contributed by atoms with Crippen molar-refractivity contribution in [3.63, 3.8) is 0 Å². The summed E-state index contributed by atoms with van der Waals surface area (Å²) in [6, 6.07) is 3.52. The number of ether oxygens (including phenoxy) is 3. The van der Waals surface area contributed by atoms with Crippen LogP contribution in [0.3, 0.4) is 0 Å². The van der Waals surface area contributed by atoms with E-state index in [9.17, 15) is 4.79 Å². The van der Waals surface area contributed by atoms with E-state index < -0.39 is 5.54 Å². The van der Waals surface area contributed by atoms with Crippen molar-refractivity contribution >= 4 is 5.91 Å². The van der Waals surface area contributed by atoms with Crippen molar-refractivity contribution in [1.29, 1.82) is 0 Å². The van der Waals surface area contributed by atoms with Crippen molar-refractivity contribution in [2.24, 2.45) is 5.73 Å². The molecule has 0 spiro atoms. The molecule has 0 saturated heterocycles. The van der Waals surface area contributed by atoms with E-state index in [1.54, 1.807) is 26.4 Å². The number of nitrogens with one attached hydrogen (secondary N) is 1. The normalized spacial score (nSPS) is 11.0. The van der Waals surface area contributed by atoms with Crippen LogP contribution in [0.2, 0.25) is 0 Å². The molecule has 1 aromatic carbocycles. The maximum atomic E-state index is 12.1. The van der Waals surface area contributed by atoms with Gasteiger partial charge in [-0.1, -0.05) is 0 Å². The van der Waals surface area contributed by atoms with Crippen LogP contribution in [0.1, 0.15) is 19.4 Å². The number of hydrogen-bond acceptors (Lipinski definition) is 5. The number of benzene rings is 1. The molecule has 0 aliphatic rings. The van der Waals surface area contributed by atoms with Crippen LogP contribution < -0.4 is 25.3 Å². The van der Waals surface area contributed by atoms with E-state index in [4.69, 9.17) is 19.9 Å². The highest BCUT2D eigenvalue weighted by atomic mass is 16.5. The van der Waals surface area contributed by atoms with Crippen LogP contribution in [0, 0.1) is 0 Å². The highest BCUT2D eigenvalue weighted by molar-refractivity contribution is 5.79. The Labute approximate surface area is 125 Å². The predicted molar refractivity (Wildman–Crippen MR) is 81.1 cm³/mol. The fraction of sp³-hybridized carbons (Fsp3) is 0.533. The van der Waals surface area contributed by atoms with Gasteiger partial charge in [0.25, 0.3) is 0 Å². The molecule has 1 aromatic rings. The maximum absolute atomic E-state index is 12.1. The standard InChI is InChI=1S/C15H24N2O4/c1-15(2,9-16)17-13(18)8-10-6-11(19-3)14(21-5)12(7-10)20-4/h6-7H,8-9,16H2,1-5H3,(H,17,18). The summed E-state index contributed by atoms with van der Waals surface area (Å²) in [7, 11) is 4.62. The minimum atomic E-state index is -0.433. The van der Waals surface area contributed by atoms with Crippen molar-refractivity contribution in [3.05, 3.63) is 17.7 Å². The Kier molecular flexibility index (Phi) is 5.84. The van der Waals surface area contributed by atoms with Gasteiger partial charge in [0.05, 0.1) is 27.8 Å². The van der Waals surface area contributed by atoms with Crippen LogP contribution in [-0.2, 0) is 11.2 Å². The number of rotatable bonds is 7. The third-order valence-corrected chi connectivity index (χ3v) is 3.08. The van der Waals surface area contributed by atoms with Gasteiger partial charge < -0.3 is 25.3 Å². The number of carbonyl (C=O) groups is 1. The molecule has 0 aliphatic heterocycles. The fourth-order valence-electron chi connectivity index (χ4n) is 1.90. The summed E-state index contributed by atoms with van der Waals surface area (Å²) in [5.41, 5.74) is 5.95. The van der Waals surface area contributed by atoms with Gasteiger partial charge in [-0.25, -0.2) is 0 Å².